The molecule has 2 fully saturated rings. The average Bonchev–Trinajstić information content (AvgIpc) is 3.53. The molecule has 2 aliphatic rings. The van der Waals surface area contributed by atoms with Crippen LogP contribution >= 0.6 is 0 Å². The van der Waals surface area contributed by atoms with E-state index in [9.17, 15) is 4.79 Å². The van der Waals surface area contributed by atoms with Crippen molar-refractivity contribution < 1.29 is 19.0 Å². The lowest BCUT2D eigenvalue weighted by Gasteiger charge is -2.29. The van der Waals surface area contributed by atoms with Crippen molar-refractivity contribution in [2.75, 3.05) is 40.0 Å². The molecule has 2 saturated heterocycles. The summed E-state index contributed by atoms with van der Waals surface area (Å²) >= 11 is 0. The fraction of sp³-hybridized carbons (Fsp3) is 0.480. The number of para-hydroxylation sites is 1. The van der Waals surface area contributed by atoms with Gasteiger partial charge in [0.1, 0.15) is 18.1 Å². The summed E-state index contributed by atoms with van der Waals surface area (Å²) in [5, 5.41) is 3.13. The zero-order valence-corrected chi connectivity index (χ0v) is 18.2. The van der Waals surface area contributed by atoms with Crippen molar-refractivity contribution in [3.05, 3.63) is 59.7 Å². The SMILES string of the molecule is COc1ccccc1C(CNC(=O)c1cccc(OCC2CCCO2)c1)N1CCCC1. The van der Waals surface area contributed by atoms with E-state index in [0.717, 1.165) is 43.9 Å². The van der Waals surface area contributed by atoms with Crippen LogP contribution in [0.4, 0.5) is 0 Å². The normalized spacial score (nSPS) is 19.8. The van der Waals surface area contributed by atoms with Crippen molar-refractivity contribution in [1.29, 1.82) is 0 Å². The van der Waals surface area contributed by atoms with E-state index >= 15 is 0 Å². The van der Waals surface area contributed by atoms with Crippen LogP contribution in [0.3, 0.4) is 0 Å². The Morgan fingerprint density at radius 3 is 2.77 bits per heavy atom. The highest BCUT2D eigenvalue weighted by molar-refractivity contribution is 5.94. The second kappa shape index (κ2) is 10.6. The molecule has 6 nitrogen and oxygen atoms in total. The number of rotatable bonds is 9. The summed E-state index contributed by atoms with van der Waals surface area (Å²) in [5.41, 5.74) is 1.71. The number of ether oxygens (including phenoxy) is 3. The zero-order chi connectivity index (χ0) is 21.5. The van der Waals surface area contributed by atoms with Crippen molar-refractivity contribution in [3.63, 3.8) is 0 Å². The Balaban J connectivity index is 1.41. The van der Waals surface area contributed by atoms with Crippen molar-refractivity contribution in [3.8, 4) is 11.5 Å². The second-order valence-corrected chi connectivity index (χ2v) is 8.18. The summed E-state index contributed by atoms with van der Waals surface area (Å²) in [6, 6.07) is 15.5. The van der Waals surface area contributed by atoms with E-state index in [4.69, 9.17) is 14.2 Å². The van der Waals surface area contributed by atoms with Crippen LogP contribution in [0.5, 0.6) is 11.5 Å². The first-order valence-electron chi connectivity index (χ1n) is 11.2. The summed E-state index contributed by atoms with van der Waals surface area (Å²) < 4.78 is 17.1. The Kier molecular flexibility index (Phi) is 7.43. The summed E-state index contributed by atoms with van der Waals surface area (Å²) in [6.07, 6.45) is 4.63. The number of methoxy groups -OCH3 is 1. The lowest BCUT2D eigenvalue weighted by atomic mass is 10.0. The van der Waals surface area contributed by atoms with Gasteiger partial charge in [-0.15, -0.1) is 0 Å². The van der Waals surface area contributed by atoms with Crippen molar-refractivity contribution in [2.45, 2.75) is 37.8 Å². The van der Waals surface area contributed by atoms with Gasteiger partial charge in [-0.25, -0.2) is 0 Å². The molecule has 31 heavy (non-hydrogen) atoms. The van der Waals surface area contributed by atoms with E-state index < -0.39 is 0 Å². The topological polar surface area (TPSA) is 60.0 Å². The van der Waals surface area contributed by atoms with E-state index in [1.54, 1.807) is 13.2 Å². The maximum atomic E-state index is 12.9. The first-order chi connectivity index (χ1) is 15.2. The molecule has 0 aliphatic carbocycles. The van der Waals surface area contributed by atoms with Gasteiger partial charge >= 0.3 is 0 Å². The van der Waals surface area contributed by atoms with Gasteiger partial charge in [0.25, 0.3) is 5.91 Å². The van der Waals surface area contributed by atoms with Crippen LogP contribution in [0.1, 0.15) is 47.6 Å². The highest BCUT2D eigenvalue weighted by atomic mass is 16.5. The van der Waals surface area contributed by atoms with Gasteiger partial charge < -0.3 is 19.5 Å². The van der Waals surface area contributed by atoms with Gasteiger partial charge in [-0.2, -0.15) is 0 Å². The van der Waals surface area contributed by atoms with Gasteiger partial charge in [-0.05, 0) is 63.0 Å². The van der Waals surface area contributed by atoms with Gasteiger partial charge in [0.2, 0.25) is 0 Å². The van der Waals surface area contributed by atoms with E-state index in [1.165, 1.54) is 12.8 Å². The smallest absolute Gasteiger partial charge is 0.251 e. The summed E-state index contributed by atoms with van der Waals surface area (Å²) in [7, 11) is 1.70. The molecule has 4 rings (SSSR count). The minimum Gasteiger partial charge on any atom is -0.496 e. The fourth-order valence-electron chi connectivity index (χ4n) is 4.41. The summed E-state index contributed by atoms with van der Waals surface area (Å²) in [5.74, 6) is 1.46. The van der Waals surface area contributed by atoms with Crippen LogP contribution in [0.15, 0.2) is 48.5 Å². The highest BCUT2D eigenvalue weighted by Gasteiger charge is 2.26. The monoisotopic (exact) mass is 424 g/mol. The Morgan fingerprint density at radius 2 is 2.00 bits per heavy atom. The van der Waals surface area contributed by atoms with Crippen LogP contribution in [-0.2, 0) is 4.74 Å². The van der Waals surface area contributed by atoms with Crippen LogP contribution in [0, 0.1) is 0 Å². The number of benzene rings is 2. The van der Waals surface area contributed by atoms with Crippen LogP contribution < -0.4 is 14.8 Å². The molecule has 2 atom stereocenters. The number of hydrogen-bond acceptors (Lipinski definition) is 5. The molecular weight excluding hydrogens is 392 g/mol. The zero-order valence-electron chi connectivity index (χ0n) is 18.2. The molecule has 1 N–H and O–H groups in total. The predicted octanol–water partition coefficient (Wildman–Crippen LogP) is 3.82. The van der Waals surface area contributed by atoms with Gasteiger partial charge in [0, 0.05) is 24.3 Å². The lowest BCUT2D eigenvalue weighted by Crippen LogP contribution is -2.37. The maximum Gasteiger partial charge on any atom is 0.251 e. The number of amides is 1. The van der Waals surface area contributed by atoms with Crippen molar-refractivity contribution >= 4 is 5.91 Å². The molecule has 1 amide bonds. The number of nitrogens with one attached hydrogen (secondary N) is 1. The largest absolute Gasteiger partial charge is 0.496 e. The number of likely N-dealkylation sites (tertiary alicyclic amines) is 1. The maximum absolute atomic E-state index is 12.9. The van der Waals surface area contributed by atoms with Gasteiger partial charge in [-0.3, -0.25) is 9.69 Å². The molecule has 2 unspecified atom stereocenters. The predicted molar refractivity (Wildman–Crippen MR) is 120 cm³/mol. The first kappa shape index (κ1) is 21.7. The number of hydrogen-bond donors (Lipinski definition) is 1. The van der Waals surface area contributed by atoms with E-state index in [0.29, 0.717) is 24.5 Å². The van der Waals surface area contributed by atoms with Crippen molar-refractivity contribution in [2.24, 2.45) is 0 Å². The molecule has 0 radical (unpaired) electrons. The third-order valence-electron chi connectivity index (χ3n) is 6.09. The van der Waals surface area contributed by atoms with Gasteiger partial charge in [-0.1, -0.05) is 24.3 Å². The summed E-state index contributed by atoms with van der Waals surface area (Å²) in [4.78, 5) is 15.4. The fourth-order valence-corrected chi connectivity index (χ4v) is 4.41. The highest BCUT2D eigenvalue weighted by Crippen LogP contribution is 2.31. The number of carbonyl (C=O) groups is 1. The molecule has 6 heteroatoms. The molecule has 0 spiro atoms. The standard InChI is InChI=1S/C25H32N2O4/c1-29-24-12-3-2-11-22(24)23(27-13-4-5-14-27)17-26-25(28)19-8-6-9-20(16-19)31-18-21-10-7-15-30-21/h2-3,6,8-9,11-12,16,21,23H,4-5,7,10,13-15,17-18H2,1H3,(H,26,28). The molecule has 2 aromatic carbocycles. The van der Waals surface area contributed by atoms with Crippen molar-refractivity contribution in [1.82, 2.24) is 10.2 Å². The van der Waals surface area contributed by atoms with Gasteiger partial charge in [0.15, 0.2) is 0 Å². The Hall–Kier alpha value is -2.57. The third-order valence-corrected chi connectivity index (χ3v) is 6.09. The second-order valence-electron chi connectivity index (χ2n) is 8.18. The Labute approximate surface area is 184 Å². The van der Waals surface area contributed by atoms with E-state index in [-0.39, 0.29) is 18.1 Å². The molecule has 2 aromatic rings. The molecule has 166 valence electrons. The Bertz CT molecular complexity index is 860. The molecule has 0 aromatic heterocycles. The van der Waals surface area contributed by atoms with Crippen LogP contribution in [0.25, 0.3) is 0 Å². The molecule has 2 aliphatic heterocycles. The quantitative estimate of drug-likeness (QED) is 0.663. The Morgan fingerprint density at radius 1 is 1.16 bits per heavy atom. The minimum atomic E-state index is -0.0957. The third kappa shape index (κ3) is 5.57. The molecular formula is C25H32N2O4. The minimum absolute atomic E-state index is 0.0848. The van der Waals surface area contributed by atoms with Crippen LogP contribution in [0.2, 0.25) is 0 Å². The lowest BCUT2D eigenvalue weighted by molar-refractivity contribution is 0.0679. The summed E-state index contributed by atoms with van der Waals surface area (Å²) in [6.45, 7) is 3.92. The molecule has 0 saturated carbocycles. The van der Waals surface area contributed by atoms with Gasteiger partial charge in [0.05, 0.1) is 19.3 Å². The van der Waals surface area contributed by atoms with Crippen LogP contribution in [-0.4, -0.2) is 56.9 Å². The molecule has 2 heterocycles. The average molecular weight is 425 g/mol. The van der Waals surface area contributed by atoms with E-state index in [2.05, 4.69) is 16.3 Å². The number of carbonyl (C=O) groups excluding carboxylic acids is 1. The number of nitrogens with zero attached hydrogens (tertiary/aromatic N) is 1. The first-order valence-corrected chi connectivity index (χ1v) is 11.2. The molecule has 0 bridgehead atoms. The van der Waals surface area contributed by atoms with E-state index in [1.807, 2.05) is 36.4 Å².